The first-order chi connectivity index (χ1) is 18.3. The molecule has 0 spiro atoms. The Morgan fingerprint density at radius 1 is 1.13 bits per heavy atom. The minimum Gasteiger partial charge on any atom is -0.496 e. The number of rotatable bonds is 8. The number of benzene rings is 2. The highest BCUT2D eigenvalue weighted by atomic mass is 19.1. The van der Waals surface area contributed by atoms with E-state index in [-0.39, 0.29) is 17.8 Å². The number of nitrogens with one attached hydrogen (secondary N) is 2. The van der Waals surface area contributed by atoms with E-state index in [1.54, 1.807) is 30.3 Å². The average molecular weight is 518 g/mol. The van der Waals surface area contributed by atoms with Crippen LogP contribution in [-0.2, 0) is 4.79 Å². The molecule has 38 heavy (non-hydrogen) atoms. The van der Waals surface area contributed by atoms with Crippen molar-refractivity contribution in [3.8, 4) is 33.9 Å². The Morgan fingerprint density at radius 2 is 1.89 bits per heavy atom. The van der Waals surface area contributed by atoms with Gasteiger partial charge in [-0.2, -0.15) is 0 Å². The second-order valence-electron chi connectivity index (χ2n) is 8.64. The number of carbonyl (C=O) groups is 2. The molecule has 0 bridgehead atoms. The maximum Gasteiger partial charge on any atom is 0.283 e. The van der Waals surface area contributed by atoms with E-state index in [2.05, 4.69) is 32.4 Å². The zero-order valence-corrected chi connectivity index (χ0v) is 20.6. The number of ether oxygens (including phenoxy) is 2. The highest BCUT2D eigenvalue weighted by Gasteiger charge is 2.27. The Morgan fingerprint density at radius 3 is 2.58 bits per heavy atom. The van der Waals surface area contributed by atoms with Crippen molar-refractivity contribution in [2.75, 3.05) is 25.3 Å². The van der Waals surface area contributed by atoms with Gasteiger partial charge in [0.1, 0.15) is 29.0 Å². The summed E-state index contributed by atoms with van der Waals surface area (Å²) in [6.45, 7) is 3.00. The summed E-state index contributed by atoms with van der Waals surface area (Å²) in [6, 6.07) is 10.1. The summed E-state index contributed by atoms with van der Waals surface area (Å²) in [5.41, 5.74) is 9.58. The third-order valence-electron chi connectivity index (χ3n) is 6.08. The molecule has 2 aromatic carbocycles. The molecule has 5 rings (SSSR count). The molecule has 1 aliphatic carbocycles. The minimum atomic E-state index is -1.12. The normalized spacial score (nSPS) is 12.7. The largest absolute Gasteiger partial charge is 0.496 e. The molecule has 4 aromatic rings. The molecule has 0 unspecified atom stereocenters. The highest BCUT2D eigenvalue weighted by molar-refractivity contribution is 6.03. The van der Waals surface area contributed by atoms with Crippen LogP contribution in [0, 0.1) is 0 Å². The van der Waals surface area contributed by atoms with Crippen molar-refractivity contribution in [1.82, 2.24) is 25.1 Å². The molecule has 1 saturated carbocycles. The molecule has 0 atom stereocenters. The monoisotopic (exact) mass is 517 g/mol. The van der Waals surface area contributed by atoms with E-state index >= 15 is 0 Å². The molecule has 2 amide bonds. The molecule has 4 N–H and O–H groups in total. The van der Waals surface area contributed by atoms with Gasteiger partial charge in [-0.1, -0.05) is 12.6 Å². The van der Waals surface area contributed by atoms with Gasteiger partial charge in [-0.3, -0.25) is 9.59 Å². The van der Waals surface area contributed by atoms with Crippen LogP contribution < -0.4 is 25.8 Å². The molecule has 0 aliphatic heterocycles. The summed E-state index contributed by atoms with van der Waals surface area (Å²) in [5.74, 6) is -1.39. The molecule has 0 saturated heterocycles. The van der Waals surface area contributed by atoms with Crippen molar-refractivity contribution >= 4 is 28.8 Å². The van der Waals surface area contributed by atoms with Crippen molar-refractivity contribution in [3.05, 3.63) is 60.7 Å². The number of nitrogens with two attached hydrogens (primary N) is 1. The van der Waals surface area contributed by atoms with Crippen LogP contribution in [-0.4, -0.2) is 51.9 Å². The number of carbonyl (C=O) groups excluding carboxylic acids is 2. The lowest BCUT2D eigenvalue weighted by Crippen LogP contribution is -2.25. The van der Waals surface area contributed by atoms with E-state index in [1.165, 1.54) is 31.2 Å². The predicted octanol–water partition coefficient (Wildman–Crippen LogP) is 3.37. The molecular formula is C26H24FN7O4. The van der Waals surface area contributed by atoms with Crippen LogP contribution in [0.4, 0.5) is 15.9 Å². The smallest absolute Gasteiger partial charge is 0.283 e. The zero-order chi connectivity index (χ0) is 27.0. The molecule has 194 valence electrons. The zero-order valence-electron chi connectivity index (χ0n) is 20.6. The number of fused-ring (bicyclic) bond motifs is 1. The van der Waals surface area contributed by atoms with E-state index in [1.807, 2.05) is 0 Å². The molecule has 2 heterocycles. The Balaban J connectivity index is 1.66. The van der Waals surface area contributed by atoms with Crippen LogP contribution in [0.1, 0.15) is 23.2 Å². The fourth-order valence-electron chi connectivity index (χ4n) is 4.07. The predicted molar refractivity (Wildman–Crippen MR) is 139 cm³/mol. The molecule has 0 radical (unpaired) electrons. The fraction of sp³-hybridized carbons (Fsp3) is 0.192. The van der Waals surface area contributed by atoms with E-state index in [4.69, 9.17) is 15.2 Å². The van der Waals surface area contributed by atoms with Gasteiger partial charge < -0.3 is 25.8 Å². The van der Waals surface area contributed by atoms with Crippen LogP contribution in [0.15, 0.2) is 55.1 Å². The van der Waals surface area contributed by atoms with E-state index in [0.717, 1.165) is 12.8 Å². The second-order valence-corrected chi connectivity index (χ2v) is 8.64. The number of anilines is 2. The number of hydrogen-bond donors (Lipinski definition) is 3. The Bertz CT molecular complexity index is 1600. The second kappa shape index (κ2) is 9.81. The molecule has 12 heteroatoms. The Hall–Kier alpha value is -5.00. The Kier molecular flexibility index (Phi) is 6.37. The number of halogens is 1. The summed E-state index contributed by atoms with van der Waals surface area (Å²) in [4.78, 5) is 28.6. The van der Waals surface area contributed by atoms with Gasteiger partial charge >= 0.3 is 0 Å². The minimum absolute atomic E-state index is 0.188. The van der Waals surface area contributed by atoms with Gasteiger partial charge in [0.15, 0.2) is 11.6 Å². The van der Waals surface area contributed by atoms with Crippen LogP contribution >= 0.6 is 0 Å². The third kappa shape index (κ3) is 4.59. The number of amides is 2. The maximum atomic E-state index is 13.2. The maximum absolute atomic E-state index is 13.2. The number of nitrogen functional groups attached to an aromatic ring is 1. The average Bonchev–Trinajstić information content (AvgIpc) is 3.64. The van der Waals surface area contributed by atoms with Crippen molar-refractivity contribution in [3.63, 3.8) is 0 Å². The quantitative estimate of drug-likeness (QED) is 0.302. The van der Waals surface area contributed by atoms with E-state index in [0.29, 0.717) is 50.7 Å². The van der Waals surface area contributed by atoms with Crippen LogP contribution in [0.5, 0.6) is 11.5 Å². The van der Waals surface area contributed by atoms with Gasteiger partial charge in [0, 0.05) is 28.9 Å². The van der Waals surface area contributed by atoms with Crippen molar-refractivity contribution in [1.29, 1.82) is 0 Å². The lowest BCUT2D eigenvalue weighted by molar-refractivity contribution is -0.114. The first-order valence-electron chi connectivity index (χ1n) is 11.6. The van der Waals surface area contributed by atoms with Gasteiger partial charge in [-0.25, -0.2) is 9.37 Å². The van der Waals surface area contributed by atoms with Gasteiger partial charge in [0.25, 0.3) is 11.8 Å². The number of hydrogen-bond acceptors (Lipinski definition) is 8. The van der Waals surface area contributed by atoms with Crippen LogP contribution in [0.25, 0.3) is 27.9 Å². The summed E-state index contributed by atoms with van der Waals surface area (Å²) in [6.07, 6.45) is 3.21. The van der Waals surface area contributed by atoms with Gasteiger partial charge in [0.05, 0.1) is 19.8 Å². The number of nitrogens with zero attached hydrogens (tertiary/aromatic N) is 4. The molecular weight excluding hydrogens is 493 g/mol. The number of methoxy groups -OCH3 is 2. The highest BCUT2D eigenvalue weighted by Crippen LogP contribution is 2.42. The third-order valence-corrected chi connectivity index (χ3v) is 6.08. The summed E-state index contributed by atoms with van der Waals surface area (Å²) < 4.78 is 25.7. The van der Waals surface area contributed by atoms with E-state index < -0.39 is 11.7 Å². The van der Waals surface area contributed by atoms with Crippen LogP contribution in [0.3, 0.4) is 0 Å². The van der Waals surface area contributed by atoms with Gasteiger partial charge in [-0.05, 0) is 42.7 Å². The molecule has 1 fully saturated rings. The van der Waals surface area contributed by atoms with Crippen LogP contribution in [0.2, 0.25) is 0 Å². The summed E-state index contributed by atoms with van der Waals surface area (Å²) >= 11 is 0. The summed E-state index contributed by atoms with van der Waals surface area (Å²) in [7, 11) is 2.95. The standard InChI is InChI=1S/C26H24FN7O4/c1-13(27)25(35)32-16-7-9-17(20(11-16)38-3)22-21(23-24(28)29-12-30-34(23)33-22)14-4-8-18(19(10-14)37-2)26(36)31-15-5-6-15/h4,7-12,15H,1,5-6H2,2-3H3,(H,31,36)(H,32,35)(H2,28,29,30). The summed E-state index contributed by atoms with van der Waals surface area (Å²) in [5, 5.41) is 14.2. The van der Waals surface area contributed by atoms with Crippen molar-refractivity contribution in [2.24, 2.45) is 0 Å². The Labute approximate surface area is 216 Å². The lowest BCUT2D eigenvalue weighted by atomic mass is 9.97. The molecule has 1 aliphatic rings. The van der Waals surface area contributed by atoms with E-state index in [9.17, 15) is 14.0 Å². The number of aromatic nitrogens is 4. The van der Waals surface area contributed by atoms with Crippen molar-refractivity contribution in [2.45, 2.75) is 18.9 Å². The molecule has 11 nitrogen and oxygen atoms in total. The first kappa shape index (κ1) is 24.7. The topological polar surface area (TPSA) is 146 Å². The fourth-order valence-corrected chi connectivity index (χ4v) is 4.07. The van der Waals surface area contributed by atoms with Gasteiger partial charge in [-0.15, -0.1) is 14.8 Å². The van der Waals surface area contributed by atoms with Gasteiger partial charge in [0.2, 0.25) is 0 Å². The molecule has 2 aromatic heterocycles. The first-order valence-corrected chi connectivity index (χ1v) is 11.6. The lowest BCUT2D eigenvalue weighted by Gasteiger charge is -2.13. The SMILES string of the molecule is C=C(F)C(=O)Nc1ccc(-c2nn3ncnc(N)c3c2-c2ccc(C(=O)NC3CC3)c(OC)c2)c(OC)c1. The van der Waals surface area contributed by atoms with Crippen molar-refractivity contribution < 1.29 is 23.5 Å².